The number of aromatic nitrogens is 2. The first-order chi connectivity index (χ1) is 12.1. The van der Waals surface area contributed by atoms with E-state index in [4.69, 9.17) is 0 Å². The predicted octanol–water partition coefficient (Wildman–Crippen LogP) is 2.94. The molecule has 2 heterocycles. The monoisotopic (exact) mass is 359 g/mol. The highest BCUT2D eigenvalue weighted by molar-refractivity contribution is 7.99. The SMILES string of the molecule is O=C(CC1CSc2nc3c(c(=O)n21)CCCC3)Nc1ccccc1F. The zero-order valence-corrected chi connectivity index (χ0v) is 14.4. The van der Waals surface area contributed by atoms with Crippen LogP contribution in [0.3, 0.4) is 0 Å². The summed E-state index contributed by atoms with van der Waals surface area (Å²) in [4.78, 5) is 29.8. The van der Waals surface area contributed by atoms with Gasteiger partial charge in [0.05, 0.1) is 17.4 Å². The Balaban J connectivity index is 1.56. The highest BCUT2D eigenvalue weighted by Gasteiger charge is 2.30. The average molecular weight is 359 g/mol. The van der Waals surface area contributed by atoms with Crippen LogP contribution < -0.4 is 10.9 Å². The van der Waals surface area contributed by atoms with Crippen LogP contribution in [-0.4, -0.2) is 21.2 Å². The quantitative estimate of drug-likeness (QED) is 0.856. The first kappa shape index (κ1) is 16.3. The zero-order chi connectivity index (χ0) is 17.4. The van der Waals surface area contributed by atoms with Crippen LogP contribution in [0.15, 0.2) is 34.2 Å². The van der Waals surface area contributed by atoms with Crippen LogP contribution in [0.2, 0.25) is 0 Å². The molecule has 1 aliphatic carbocycles. The van der Waals surface area contributed by atoms with Crippen molar-refractivity contribution in [3.8, 4) is 0 Å². The van der Waals surface area contributed by atoms with Crippen molar-refractivity contribution in [2.45, 2.75) is 43.3 Å². The Bertz CT molecular complexity index is 896. The van der Waals surface area contributed by atoms with E-state index in [0.717, 1.165) is 36.9 Å². The van der Waals surface area contributed by atoms with Crippen LogP contribution in [0.4, 0.5) is 10.1 Å². The van der Waals surface area contributed by atoms with Crippen LogP contribution in [-0.2, 0) is 17.6 Å². The summed E-state index contributed by atoms with van der Waals surface area (Å²) in [6.45, 7) is 0. The van der Waals surface area contributed by atoms with E-state index in [-0.39, 0.29) is 29.6 Å². The lowest BCUT2D eigenvalue weighted by atomic mass is 9.97. The van der Waals surface area contributed by atoms with Gasteiger partial charge in [0.25, 0.3) is 5.56 Å². The number of rotatable bonds is 3. The van der Waals surface area contributed by atoms with E-state index in [2.05, 4.69) is 10.3 Å². The molecule has 0 spiro atoms. The number of fused-ring (bicyclic) bond motifs is 2. The Morgan fingerprint density at radius 2 is 2.12 bits per heavy atom. The smallest absolute Gasteiger partial charge is 0.257 e. The second-order valence-electron chi connectivity index (χ2n) is 6.40. The van der Waals surface area contributed by atoms with Gasteiger partial charge in [0.15, 0.2) is 5.16 Å². The van der Waals surface area contributed by atoms with E-state index in [1.807, 2.05) is 0 Å². The number of nitrogens with zero attached hydrogens (tertiary/aromatic N) is 2. The molecule has 7 heteroatoms. The molecule has 1 aromatic heterocycles. The summed E-state index contributed by atoms with van der Waals surface area (Å²) in [6, 6.07) is 5.83. The highest BCUT2D eigenvalue weighted by Crippen LogP contribution is 2.34. The Kier molecular flexibility index (Phi) is 4.33. The van der Waals surface area contributed by atoms with Crippen molar-refractivity contribution in [3.63, 3.8) is 0 Å². The Labute approximate surface area is 148 Å². The average Bonchev–Trinajstić information content (AvgIpc) is 3.00. The molecule has 0 bridgehead atoms. The number of hydrogen-bond donors (Lipinski definition) is 1. The van der Waals surface area contributed by atoms with Gasteiger partial charge in [-0.05, 0) is 37.8 Å². The molecule has 1 atom stereocenters. The molecule has 130 valence electrons. The summed E-state index contributed by atoms with van der Waals surface area (Å²) >= 11 is 1.51. The van der Waals surface area contributed by atoms with Gasteiger partial charge in [0.1, 0.15) is 5.82 Å². The van der Waals surface area contributed by atoms with Crippen molar-refractivity contribution in [2.75, 3.05) is 11.1 Å². The fraction of sp³-hybridized carbons (Fsp3) is 0.389. The molecule has 0 fully saturated rings. The number of halogens is 1. The van der Waals surface area contributed by atoms with Gasteiger partial charge in [-0.3, -0.25) is 14.2 Å². The number of thioether (sulfide) groups is 1. The van der Waals surface area contributed by atoms with Crippen LogP contribution in [0.1, 0.15) is 36.6 Å². The van der Waals surface area contributed by atoms with E-state index in [0.29, 0.717) is 10.9 Å². The Morgan fingerprint density at radius 3 is 2.96 bits per heavy atom. The summed E-state index contributed by atoms with van der Waals surface area (Å²) in [5.41, 5.74) is 1.88. The maximum Gasteiger partial charge on any atom is 0.257 e. The van der Waals surface area contributed by atoms with Gasteiger partial charge in [-0.1, -0.05) is 23.9 Å². The normalized spacial score (nSPS) is 18.5. The van der Waals surface area contributed by atoms with E-state index in [1.54, 1.807) is 16.7 Å². The van der Waals surface area contributed by atoms with Crippen molar-refractivity contribution in [1.82, 2.24) is 9.55 Å². The molecule has 0 radical (unpaired) electrons. The first-order valence-electron chi connectivity index (χ1n) is 8.45. The molecule has 2 aromatic rings. The minimum absolute atomic E-state index is 0.00612. The van der Waals surface area contributed by atoms with Crippen LogP contribution in [0.25, 0.3) is 0 Å². The summed E-state index contributed by atoms with van der Waals surface area (Å²) in [5, 5.41) is 3.29. The maximum absolute atomic E-state index is 13.7. The summed E-state index contributed by atoms with van der Waals surface area (Å²) in [5.74, 6) is -0.131. The number of anilines is 1. The van der Waals surface area contributed by atoms with Gasteiger partial charge in [0, 0.05) is 17.7 Å². The fourth-order valence-electron chi connectivity index (χ4n) is 3.44. The molecule has 2 aliphatic rings. The van der Waals surface area contributed by atoms with Crippen molar-refractivity contribution in [2.24, 2.45) is 0 Å². The molecular weight excluding hydrogens is 341 g/mol. The van der Waals surface area contributed by atoms with Gasteiger partial charge in [-0.2, -0.15) is 0 Å². The van der Waals surface area contributed by atoms with Gasteiger partial charge >= 0.3 is 0 Å². The number of para-hydroxylation sites is 1. The fourth-order valence-corrected chi connectivity index (χ4v) is 4.60. The van der Waals surface area contributed by atoms with E-state index in [9.17, 15) is 14.0 Å². The molecule has 0 saturated carbocycles. The third-order valence-electron chi connectivity index (χ3n) is 4.69. The van der Waals surface area contributed by atoms with Crippen molar-refractivity contribution >= 4 is 23.4 Å². The lowest BCUT2D eigenvalue weighted by molar-refractivity contribution is -0.116. The standard InChI is InChI=1S/C18H18FN3O2S/c19-13-6-2-4-8-15(13)20-16(23)9-11-10-25-18-21-14-7-3-1-5-12(14)17(24)22(11)18/h2,4,6,8,11H,1,3,5,7,9-10H2,(H,20,23). The number of aryl methyl sites for hydroxylation is 1. The first-order valence-corrected chi connectivity index (χ1v) is 9.43. The minimum Gasteiger partial charge on any atom is -0.324 e. The largest absolute Gasteiger partial charge is 0.324 e. The van der Waals surface area contributed by atoms with Crippen molar-refractivity contribution < 1.29 is 9.18 Å². The Morgan fingerprint density at radius 1 is 1.32 bits per heavy atom. The summed E-state index contributed by atoms with van der Waals surface area (Å²) in [6.07, 6.45) is 3.84. The lowest BCUT2D eigenvalue weighted by Gasteiger charge is -2.18. The molecule has 4 rings (SSSR count). The predicted molar refractivity (Wildman–Crippen MR) is 94.5 cm³/mol. The molecule has 1 N–H and O–H groups in total. The molecule has 1 aliphatic heterocycles. The molecular formula is C18H18FN3O2S. The third-order valence-corrected chi connectivity index (χ3v) is 5.79. The Hall–Kier alpha value is -2.15. The van der Waals surface area contributed by atoms with Gasteiger partial charge in [0.2, 0.25) is 5.91 Å². The number of carbonyl (C=O) groups is 1. The van der Waals surface area contributed by atoms with Crippen LogP contribution in [0, 0.1) is 5.82 Å². The van der Waals surface area contributed by atoms with Crippen molar-refractivity contribution in [1.29, 1.82) is 0 Å². The van der Waals surface area contributed by atoms with Gasteiger partial charge in [-0.25, -0.2) is 9.37 Å². The number of carbonyl (C=O) groups excluding carboxylic acids is 1. The molecule has 1 unspecified atom stereocenters. The van der Waals surface area contributed by atoms with Crippen molar-refractivity contribution in [3.05, 3.63) is 51.7 Å². The van der Waals surface area contributed by atoms with Gasteiger partial charge < -0.3 is 5.32 Å². The number of benzene rings is 1. The maximum atomic E-state index is 13.7. The molecule has 5 nitrogen and oxygen atoms in total. The summed E-state index contributed by atoms with van der Waals surface area (Å²) in [7, 11) is 0. The third kappa shape index (κ3) is 3.08. The number of nitrogens with one attached hydrogen (secondary N) is 1. The highest BCUT2D eigenvalue weighted by atomic mass is 32.2. The molecule has 25 heavy (non-hydrogen) atoms. The molecule has 1 amide bonds. The van der Waals surface area contributed by atoms with E-state index >= 15 is 0 Å². The zero-order valence-electron chi connectivity index (χ0n) is 13.6. The lowest BCUT2D eigenvalue weighted by Crippen LogP contribution is -2.32. The van der Waals surface area contributed by atoms with E-state index < -0.39 is 5.82 Å². The molecule has 1 aromatic carbocycles. The summed E-state index contributed by atoms with van der Waals surface area (Å²) < 4.78 is 15.3. The number of hydrogen-bond acceptors (Lipinski definition) is 4. The number of amides is 1. The van der Waals surface area contributed by atoms with Crippen LogP contribution >= 0.6 is 11.8 Å². The van der Waals surface area contributed by atoms with E-state index in [1.165, 1.54) is 23.9 Å². The molecule has 0 saturated heterocycles. The second kappa shape index (κ2) is 6.63. The van der Waals surface area contributed by atoms with Gasteiger partial charge in [-0.15, -0.1) is 0 Å². The van der Waals surface area contributed by atoms with Crippen LogP contribution in [0.5, 0.6) is 0 Å². The second-order valence-corrected chi connectivity index (χ2v) is 7.39. The topological polar surface area (TPSA) is 64.0 Å². The minimum atomic E-state index is -0.468.